The van der Waals surface area contributed by atoms with Crippen LogP contribution in [0.3, 0.4) is 0 Å². The van der Waals surface area contributed by atoms with Crippen LogP contribution in [0, 0.1) is 5.92 Å². The summed E-state index contributed by atoms with van der Waals surface area (Å²) >= 11 is 0. The van der Waals surface area contributed by atoms with Gasteiger partial charge in [0.05, 0.1) is 17.5 Å². The van der Waals surface area contributed by atoms with Crippen molar-refractivity contribution >= 4 is 17.4 Å². The van der Waals surface area contributed by atoms with Gasteiger partial charge < -0.3 is 10.4 Å². The van der Waals surface area contributed by atoms with E-state index < -0.39 is 0 Å². The Labute approximate surface area is 136 Å². The fraction of sp³-hybridized carbons (Fsp3) is 0.316. The molecule has 1 saturated carbocycles. The van der Waals surface area contributed by atoms with Crippen molar-refractivity contribution in [3.8, 4) is 0 Å². The van der Waals surface area contributed by atoms with Crippen LogP contribution < -0.4 is 10.2 Å². The molecule has 0 bridgehead atoms. The predicted molar refractivity (Wildman–Crippen MR) is 91.8 cm³/mol. The second-order valence-corrected chi connectivity index (χ2v) is 5.95. The standard InChI is InChI=1S/C19H22N2O2/c22-18-13-7-8-15(18)14-20-19(23)21(16-9-3-1-4-10-16)17-11-5-2-6-12-17/h1-6,9-12,15,18,22H,7-8,13-14H2,(H,20,23)/t15-,18+/m0/s1. The third-order valence-corrected chi connectivity index (χ3v) is 4.37. The van der Waals surface area contributed by atoms with Crippen molar-refractivity contribution in [2.45, 2.75) is 25.4 Å². The van der Waals surface area contributed by atoms with Crippen LogP contribution in [0.15, 0.2) is 60.7 Å². The molecule has 0 aliphatic heterocycles. The fourth-order valence-corrected chi connectivity index (χ4v) is 3.09. The smallest absolute Gasteiger partial charge is 0.326 e. The van der Waals surface area contributed by atoms with Gasteiger partial charge in [-0.25, -0.2) is 4.79 Å². The maximum absolute atomic E-state index is 12.7. The first kappa shape index (κ1) is 15.6. The average Bonchev–Trinajstić information content (AvgIpc) is 3.00. The van der Waals surface area contributed by atoms with Gasteiger partial charge in [0, 0.05) is 12.5 Å². The van der Waals surface area contributed by atoms with E-state index in [-0.39, 0.29) is 18.1 Å². The molecule has 2 aromatic rings. The number of nitrogens with one attached hydrogen (secondary N) is 1. The van der Waals surface area contributed by atoms with Crippen molar-refractivity contribution in [2.75, 3.05) is 11.4 Å². The zero-order valence-electron chi connectivity index (χ0n) is 13.1. The van der Waals surface area contributed by atoms with Gasteiger partial charge in [0.2, 0.25) is 0 Å². The lowest BCUT2D eigenvalue weighted by Gasteiger charge is -2.25. The van der Waals surface area contributed by atoms with Crippen molar-refractivity contribution < 1.29 is 9.90 Å². The Hall–Kier alpha value is -2.33. The van der Waals surface area contributed by atoms with E-state index in [1.165, 1.54) is 0 Å². The van der Waals surface area contributed by atoms with E-state index in [0.717, 1.165) is 30.6 Å². The Morgan fingerprint density at radius 2 is 1.57 bits per heavy atom. The fourth-order valence-electron chi connectivity index (χ4n) is 3.09. The molecule has 1 aliphatic carbocycles. The van der Waals surface area contributed by atoms with Gasteiger partial charge in [-0.15, -0.1) is 0 Å². The summed E-state index contributed by atoms with van der Waals surface area (Å²) in [6, 6.07) is 19.0. The monoisotopic (exact) mass is 310 g/mol. The number of benzene rings is 2. The molecule has 2 amide bonds. The number of urea groups is 1. The number of hydrogen-bond donors (Lipinski definition) is 2. The molecule has 3 rings (SSSR count). The normalized spacial score (nSPS) is 20.2. The number of anilines is 2. The molecular formula is C19H22N2O2. The van der Waals surface area contributed by atoms with E-state index in [2.05, 4.69) is 5.32 Å². The first-order valence-corrected chi connectivity index (χ1v) is 8.12. The molecule has 0 aromatic heterocycles. The Morgan fingerprint density at radius 1 is 1.00 bits per heavy atom. The van der Waals surface area contributed by atoms with E-state index in [1.54, 1.807) is 4.90 Å². The lowest BCUT2D eigenvalue weighted by Crippen LogP contribution is -2.40. The summed E-state index contributed by atoms with van der Waals surface area (Å²) in [6.07, 6.45) is 2.54. The molecule has 2 atom stereocenters. The van der Waals surface area contributed by atoms with E-state index >= 15 is 0 Å². The minimum atomic E-state index is -0.294. The highest BCUT2D eigenvalue weighted by molar-refractivity contribution is 5.99. The molecule has 1 fully saturated rings. The van der Waals surface area contributed by atoms with Crippen molar-refractivity contribution in [1.82, 2.24) is 5.32 Å². The van der Waals surface area contributed by atoms with E-state index in [4.69, 9.17) is 0 Å². The van der Waals surface area contributed by atoms with Crippen molar-refractivity contribution in [3.05, 3.63) is 60.7 Å². The molecule has 1 aliphatic rings. The number of carbonyl (C=O) groups excluding carboxylic acids is 1. The molecule has 0 spiro atoms. The lowest BCUT2D eigenvalue weighted by molar-refractivity contribution is 0.133. The summed E-state index contributed by atoms with van der Waals surface area (Å²) in [7, 11) is 0. The first-order valence-electron chi connectivity index (χ1n) is 8.12. The Bertz CT molecular complexity index is 591. The molecular weight excluding hydrogens is 288 g/mol. The zero-order valence-corrected chi connectivity index (χ0v) is 13.1. The highest BCUT2D eigenvalue weighted by Crippen LogP contribution is 2.27. The highest BCUT2D eigenvalue weighted by Gasteiger charge is 2.26. The van der Waals surface area contributed by atoms with Gasteiger partial charge in [0.15, 0.2) is 0 Å². The summed E-state index contributed by atoms with van der Waals surface area (Å²) in [5, 5.41) is 12.9. The van der Waals surface area contributed by atoms with E-state index in [0.29, 0.717) is 6.54 Å². The van der Waals surface area contributed by atoms with Gasteiger partial charge >= 0.3 is 6.03 Å². The van der Waals surface area contributed by atoms with E-state index in [1.807, 2.05) is 60.7 Å². The van der Waals surface area contributed by atoms with Crippen LogP contribution in [-0.2, 0) is 0 Å². The maximum Gasteiger partial charge on any atom is 0.326 e. The molecule has 4 nitrogen and oxygen atoms in total. The topological polar surface area (TPSA) is 52.6 Å². The molecule has 0 radical (unpaired) electrons. The van der Waals surface area contributed by atoms with Crippen LogP contribution in [0.25, 0.3) is 0 Å². The molecule has 0 heterocycles. The van der Waals surface area contributed by atoms with Gasteiger partial charge in [-0.1, -0.05) is 42.8 Å². The van der Waals surface area contributed by atoms with Crippen molar-refractivity contribution in [2.24, 2.45) is 5.92 Å². The summed E-state index contributed by atoms with van der Waals surface area (Å²) in [5.41, 5.74) is 1.64. The van der Waals surface area contributed by atoms with Crippen LogP contribution in [0.1, 0.15) is 19.3 Å². The SMILES string of the molecule is O=C(NC[C@@H]1CCC[C@H]1O)N(c1ccccc1)c1ccccc1. The van der Waals surface area contributed by atoms with Gasteiger partial charge in [-0.2, -0.15) is 0 Å². The molecule has 0 saturated heterocycles. The highest BCUT2D eigenvalue weighted by atomic mass is 16.3. The van der Waals surface area contributed by atoms with Crippen molar-refractivity contribution in [1.29, 1.82) is 0 Å². The molecule has 0 unspecified atom stereocenters. The largest absolute Gasteiger partial charge is 0.393 e. The van der Waals surface area contributed by atoms with Gasteiger partial charge in [0.1, 0.15) is 0 Å². The minimum absolute atomic E-state index is 0.160. The quantitative estimate of drug-likeness (QED) is 0.905. The number of aliphatic hydroxyl groups excluding tert-OH is 1. The average molecular weight is 310 g/mol. The summed E-state index contributed by atoms with van der Waals surface area (Å²) in [5.74, 6) is 0.160. The van der Waals surface area contributed by atoms with Crippen LogP contribution in [0.2, 0.25) is 0 Å². The van der Waals surface area contributed by atoms with Crippen LogP contribution in [0.4, 0.5) is 16.2 Å². The van der Waals surface area contributed by atoms with Crippen molar-refractivity contribution in [3.63, 3.8) is 0 Å². The lowest BCUT2D eigenvalue weighted by atomic mass is 10.1. The number of amides is 2. The molecule has 23 heavy (non-hydrogen) atoms. The molecule has 2 aromatic carbocycles. The number of hydrogen-bond acceptors (Lipinski definition) is 2. The van der Waals surface area contributed by atoms with Crippen LogP contribution in [0.5, 0.6) is 0 Å². The first-order chi connectivity index (χ1) is 11.3. The summed E-state index contributed by atoms with van der Waals surface area (Å²) < 4.78 is 0. The Balaban J connectivity index is 1.77. The predicted octanol–water partition coefficient (Wildman–Crippen LogP) is 3.70. The van der Waals surface area contributed by atoms with Gasteiger partial charge in [-0.3, -0.25) is 4.90 Å². The number of rotatable bonds is 4. The zero-order chi connectivity index (χ0) is 16.1. The minimum Gasteiger partial charge on any atom is -0.393 e. The third-order valence-electron chi connectivity index (χ3n) is 4.37. The molecule has 4 heteroatoms. The van der Waals surface area contributed by atoms with E-state index in [9.17, 15) is 9.90 Å². The Morgan fingerprint density at radius 3 is 2.04 bits per heavy atom. The number of para-hydroxylation sites is 2. The number of nitrogens with zero attached hydrogens (tertiary/aromatic N) is 1. The third kappa shape index (κ3) is 3.71. The molecule has 2 N–H and O–H groups in total. The number of aliphatic hydroxyl groups is 1. The second kappa shape index (κ2) is 7.29. The second-order valence-electron chi connectivity index (χ2n) is 5.95. The van der Waals surface area contributed by atoms with Crippen LogP contribution in [-0.4, -0.2) is 23.8 Å². The van der Waals surface area contributed by atoms with Crippen LogP contribution >= 0.6 is 0 Å². The Kier molecular flexibility index (Phi) is 4.93. The summed E-state index contributed by atoms with van der Waals surface area (Å²) in [6.45, 7) is 0.510. The maximum atomic E-state index is 12.7. The van der Waals surface area contributed by atoms with Gasteiger partial charge in [-0.05, 0) is 37.1 Å². The van der Waals surface area contributed by atoms with Gasteiger partial charge in [0.25, 0.3) is 0 Å². The summed E-state index contributed by atoms with van der Waals surface area (Å²) in [4.78, 5) is 14.4. The molecule has 120 valence electrons. The number of carbonyl (C=O) groups is 1.